The predicted molar refractivity (Wildman–Crippen MR) is 70.8 cm³/mol. The van der Waals surface area contributed by atoms with Crippen LogP contribution in [0.1, 0.15) is 29.4 Å². The second-order valence-electron chi connectivity index (χ2n) is 3.94. The largest absolute Gasteiger partial charge is 0.481 e. The van der Waals surface area contributed by atoms with E-state index in [4.69, 9.17) is 9.84 Å². The van der Waals surface area contributed by atoms with Crippen LogP contribution in [0.5, 0.6) is 0 Å². The summed E-state index contributed by atoms with van der Waals surface area (Å²) in [6, 6.07) is 0. The van der Waals surface area contributed by atoms with Crippen molar-refractivity contribution in [1.29, 1.82) is 0 Å². The third-order valence-electron chi connectivity index (χ3n) is 2.67. The Kier molecular flexibility index (Phi) is 6.24. The van der Waals surface area contributed by atoms with Crippen molar-refractivity contribution in [2.24, 2.45) is 0 Å². The third kappa shape index (κ3) is 4.36. The van der Waals surface area contributed by atoms with E-state index < -0.39 is 5.97 Å². The Bertz CT molecular complexity index is 389. The summed E-state index contributed by atoms with van der Waals surface area (Å²) in [7, 11) is 1.59. The number of nitrogens with zero attached hydrogens (tertiary/aromatic N) is 2. The lowest BCUT2D eigenvalue weighted by atomic mass is 10.3. The van der Waals surface area contributed by atoms with Gasteiger partial charge in [0.05, 0.1) is 25.3 Å². The van der Waals surface area contributed by atoms with Gasteiger partial charge in [-0.05, 0) is 13.1 Å². The molecule has 1 N–H and O–H groups in total. The Morgan fingerprint density at radius 1 is 1.44 bits per heavy atom. The number of carboxylic acids is 1. The molecule has 1 aromatic rings. The van der Waals surface area contributed by atoms with Gasteiger partial charge < -0.3 is 9.84 Å². The van der Waals surface area contributed by atoms with Gasteiger partial charge in [-0.2, -0.15) is 0 Å². The molecule has 0 aliphatic heterocycles. The highest BCUT2D eigenvalue weighted by Crippen LogP contribution is 2.21. The van der Waals surface area contributed by atoms with Gasteiger partial charge in [0.25, 0.3) is 0 Å². The predicted octanol–water partition coefficient (Wildman–Crippen LogP) is 1.76. The molecule has 1 heterocycles. The quantitative estimate of drug-likeness (QED) is 0.781. The molecule has 1 aromatic heterocycles. The molecule has 0 spiro atoms. The highest BCUT2D eigenvalue weighted by Gasteiger charge is 2.15. The fourth-order valence-corrected chi connectivity index (χ4v) is 2.77. The normalized spacial score (nSPS) is 11.1. The first-order valence-electron chi connectivity index (χ1n) is 6.01. The molecule has 0 aliphatic rings. The highest BCUT2D eigenvalue weighted by molar-refractivity contribution is 7.11. The maximum absolute atomic E-state index is 10.8. The van der Waals surface area contributed by atoms with Crippen LogP contribution >= 0.6 is 11.3 Å². The fourth-order valence-electron chi connectivity index (χ4n) is 1.67. The number of carbonyl (C=O) groups is 1. The molecule has 1 rings (SSSR count). The van der Waals surface area contributed by atoms with E-state index in [9.17, 15) is 4.79 Å². The minimum absolute atomic E-state index is 0.0224. The van der Waals surface area contributed by atoms with Gasteiger partial charge >= 0.3 is 5.97 Å². The number of methoxy groups -OCH3 is 1. The molecule has 0 bridgehead atoms. The lowest BCUT2D eigenvalue weighted by molar-refractivity contribution is -0.136. The van der Waals surface area contributed by atoms with E-state index in [0.717, 1.165) is 35.2 Å². The lowest BCUT2D eigenvalue weighted by Gasteiger charge is -2.15. The van der Waals surface area contributed by atoms with E-state index >= 15 is 0 Å². The van der Waals surface area contributed by atoms with Crippen molar-refractivity contribution in [3.05, 3.63) is 15.6 Å². The number of ether oxygens (including phenoxy) is 1. The topological polar surface area (TPSA) is 62.7 Å². The SMILES string of the molecule is CCN(CC)Cc1nc(COC)c(CC(=O)O)s1. The van der Waals surface area contributed by atoms with Crippen LogP contribution in [0.2, 0.25) is 0 Å². The monoisotopic (exact) mass is 272 g/mol. The van der Waals surface area contributed by atoms with Gasteiger partial charge in [-0.1, -0.05) is 13.8 Å². The average molecular weight is 272 g/mol. The molecular weight excluding hydrogens is 252 g/mol. The first-order valence-corrected chi connectivity index (χ1v) is 6.82. The van der Waals surface area contributed by atoms with Gasteiger partial charge in [-0.3, -0.25) is 9.69 Å². The van der Waals surface area contributed by atoms with Gasteiger partial charge in [0.1, 0.15) is 5.01 Å². The zero-order valence-corrected chi connectivity index (χ0v) is 11.9. The van der Waals surface area contributed by atoms with Crippen molar-refractivity contribution in [3.63, 3.8) is 0 Å². The maximum Gasteiger partial charge on any atom is 0.308 e. The number of hydrogen-bond donors (Lipinski definition) is 1. The van der Waals surface area contributed by atoms with Gasteiger partial charge in [0, 0.05) is 12.0 Å². The number of rotatable bonds is 8. The summed E-state index contributed by atoms with van der Waals surface area (Å²) >= 11 is 1.47. The van der Waals surface area contributed by atoms with Crippen LogP contribution < -0.4 is 0 Å². The molecule has 0 saturated carbocycles. The lowest BCUT2D eigenvalue weighted by Crippen LogP contribution is -2.21. The summed E-state index contributed by atoms with van der Waals surface area (Å²) in [5.41, 5.74) is 0.757. The zero-order chi connectivity index (χ0) is 13.5. The van der Waals surface area contributed by atoms with Crippen LogP contribution in [0.4, 0.5) is 0 Å². The fraction of sp³-hybridized carbons (Fsp3) is 0.667. The number of hydrogen-bond acceptors (Lipinski definition) is 5. The van der Waals surface area contributed by atoms with E-state index in [1.807, 2.05) is 0 Å². The molecule has 102 valence electrons. The Morgan fingerprint density at radius 3 is 2.61 bits per heavy atom. The van der Waals surface area contributed by atoms with Crippen LogP contribution in [-0.4, -0.2) is 41.2 Å². The minimum atomic E-state index is -0.828. The molecule has 0 fully saturated rings. The second-order valence-corrected chi connectivity index (χ2v) is 5.11. The summed E-state index contributed by atoms with van der Waals surface area (Å²) < 4.78 is 5.06. The molecule has 6 heteroatoms. The number of aromatic nitrogens is 1. The molecule has 0 radical (unpaired) electrons. The van der Waals surface area contributed by atoms with E-state index in [2.05, 4.69) is 23.7 Å². The number of aliphatic carboxylic acids is 1. The smallest absolute Gasteiger partial charge is 0.308 e. The summed E-state index contributed by atoms with van der Waals surface area (Å²) in [4.78, 5) is 18.3. The van der Waals surface area contributed by atoms with Crippen molar-refractivity contribution in [2.75, 3.05) is 20.2 Å². The van der Waals surface area contributed by atoms with Crippen LogP contribution in [0.15, 0.2) is 0 Å². The molecule has 0 aromatic carbocycles. The molecule has 0 amide bonds. The first kappa shape index (κ1) is 15.1. The van der Waals surface area contributed by atoms with Crippen LogP contribution in [-0.2, 0) is 29.1 Å². The van der Waals surface area contributed by atoms with Crippen LogP contribution in [0, 0.1) is 0 Å². The van der Waals surface area contributed by atoms with Crippen molar-refractivity contribution in [3.8, 4) is 0 Å². The van der Waals surface area contributed by atoms with Crippen molar-refractivity contribution >= 4 is 17.3 Å². The van der Waals surface area contributed by atoms with Crippen LogP contribution in [0.25, 0.3) is 0 Å². The molecular formula is C12H20N2O3S. The van der Waals surface area contributed by atoms with E-state index in [1.165, 1.54) is 11.3 Å². The summed E-state index contributed by atoms with van der Waals surface area (Å²) in [5, 5.41) is 9.83. The second kappa shape index (κ2) is 7.45. The highest BCUT2D eigenvalue weighted by atomic mass is 32.1. The van der Waals surface area contributed by atoms with Gasteiger partial charge in [0.15, 0.2) is 0 Å². The first-order chi connectivity index (χ1) is 8.60. The molecule has 0 aliphatic carbocycles. The van der Waals surface area contributed by atoms with Gasteiger partial charge in [0.2, 0.25) is 0 Å². The van der Waals surface area contributed by atoms with E-state index in [0.29, 0.717) is 6.61 Å². The maximum atomic E-state index is 10.8. The molecule has 0 unspecified atom stereocenters. The summed E-state index contributed by atoms with van der Waals surface area (Å²) in [6.45, 7) is 7.27. The molecule has 18 heavy (non-hydrogen) atoms. The Morgan fingerprint density at radius 2 is 2.11 bits per heavy atom. The zero-order valence-electron chi connectivity index (χ0n) is 11.1. The molecule has 0 saturated heterocycles. The Balaban J connectivity index is 2.83. The standard InChI is InChI=1S/C12H20N2O3S/c1-4-14(5-2)7-11-13-9(8-17-3)10(18-11)6-12(15)16/h4-8H2,1-3H3,(H,15,16). The third-order valence-corrected chi connectivity index (χ3v) is 3.75. The van der Waals surface area contributed by atoms with Crippen molar-refractivity contribution in [2.45, 2.75) is 33.4 Å². The van der Waals surface area contributed by atoms with E-state index in [-0.39, 0.29) is 6.42 Å². The summed E-state index contributed by atoms with van der Waals surface area (Å²) in [5.74, 6) is -0.828. The molecule has 0 atom stereocenters. The van der Waals surface area contributed by atoms with Crippen molar-refractivity contribution in [1.82, 2.24) is 9.88 Å². The number of carboxylic acid groups (broad SMARTS) is 1. The van der Waals surface area contributed by atoms with E-state index in [1.54, 1.807) is 7.11 Å². The van der Waals surface area contributed by atoms with Gasteiger partial charge in [-0.25, -0.2) is 4.98 Å². The Labute approximate surface area is 111 Å². The Hall–Kier alpha value is -0.980. The average Bonchev–Trinajstić information content (AvgIpc) is 2.68. The number of thiazole rings is 1. The summed E-state index contributed by atoms with van der Waals surface area (Å²) in [6.07, 6.45) is 0.0224. The molecule has 5 nitrogen and oxygen atoms in total. The minimum Gasteiger partial charge on any atom is -0.481 e. The van der Waals surface area contributed by atoms with Crippen molar-refractivity contribution < 1.29 is 14.6 Å². The van der Waals surface area contributed by atoms with Crippen LogP contribution in [0.3, 0.4) is 0 Å². The van der Waals surface area contributed by atoms with Gasteiger partial charge in [-0.15, -0.1) is 11.3 Å².